The van der Waals surface area contributed by atoms with Crippen LogP contribution in [0.5, 0.6) is 0 Å². The largest absolute Gasteiger partial charge is 0.388 e. The van der Waals surface area contributed by atoms with E-state index in [0.717, 1.165) is 31.6 Å². The Morgan fingerprint density at radius 2 is 2.18 bits per heavy atom. The molecule has 0 amide bonds. The molecule has 0 aliphatic rings. The summed E-state index contributed by atoms with van der Waals surface area (Å²) in [6.07, 6.45) is 2.51. The van der Waals surface area contributed by atoms with Gasteiger partial charge >= 0.3 is 0 Å². The molecule has 0 unspecified atom stereocenters. The lowest BCUT2D eigenvalue weighted by Crippen LogP contribution is -2.24. The van der Waals surface area contributed by atoms with Crippen molar-refractivity contribution in [2.24, 2.45) is 5.73 Å². The Labute approximate surface area is 102 Å². The molecule has 0 radical (unpaired) electrons. The van der Waals surface area contributed by atoms with Crippen LogP contribution in [0.4, 0.5) is 10.1 Å². The van der Waals surface area contributed by atoms with Crippen LogP contribution >= 0.6 is 0 Å². The number of unbranched alkanes of at least 4 members (excludes halogenated alkanes) is 1. The van der Waals surface area contributed by atoms with Crippen LogP contribution in [0.2, 0.25) is 0 Å². The van der Waals surface area contributed by atoms with Gasteiger partial charge in [0.2, 0.25) is 0 Å². The fourth-order valence-electron chi connectivity index (χ4n) is 1.76. The number of benzene rings is 1. The van der Waals surface area contributed by atoms with Crippen molar-refractivity contribution in [2.75, 3.05) is 18.0 Å². The molecule has 0 saturated carbocycles. The van der Waals surface area contributed by atoms with Crippen molar-refractivity contribution in [3.05, 3.63) is 30.1 Å². The Morgan fingerprint density at radius 3 is 2.76 bits per heavy atom. The molecule has 0 atom stereocenters. The van der Waals surface area contributed by atoms with Crippen LogP contribution in [-0.4, -0.2) is 18.9 Å². The standard InChI is InChI=1S/C13H20FN3/c1-2-17(9-4-3-8-13(15)16)12-7-5-6-11(14)10-12/h5-7,10H,2-4,8-9H2,1H3,(H3,15,16). The minimum atomic E-state index is -0.204. The van der Waals surface area contributed by atoms with Gasteiger partial charge in [-0.3, -0.25) is 5.41 Å². The molecule has 4 heteroatoms. The number of nitrogens with two attached hydrogens (primary N) is 1. The maximum Gasteiger partial charge on any atom is 0.125 e. The van der Waals surface area contributed by atoms with Gasteiger partial charge in [0.05, 0.1) is 5.84 Å². The van der Waals surface area contributed by atoms with Crippen molar-refractivity contribution < 1.29 is 4.39 Å². The summed E-state index contributed by atoms with van der Waals surface area (Å²) >= 11 is 0. The smallest absolute Gasteiger partial charge is 0.125 e. The molecule has 3 N–H and O–H groups in total. The lowest BCUT2D eigenvalue weighted by molar-refractivity contribution is 0.625. The van der Waals surface area contributed by atoms with Gasteiger partial charge in [-0.15, -0.1) is 0 Å². The lowest BCUT2D eigenvalue weighted by atomic mass is 10.2. The van der Waals surface area contributed by atoms with E-state index in [4.69, 9.17) is 11.1 Å². The Balaban J connectivity index is 2.45. The second-order valence-electron chi connectivity index (χ2n) is 4.04. The highest BCUT2D eigenvalue weighted by Crippen LogP contribution is 2.16. The molecule has 0 bridgehead atoms. The van der Waals surface area contributed by atoms with E-state index in [2.05, 4.69) is 11.8 Å². The molecule has 0 spiro atoms. The van der Waals surface area contributed by atoms with Crippen molar-refractivity contribution in [2.45, 2.75) is 26.2 Å². The second-order valence-corrected chi connectivity index (χ2v) is 4.04. The summed E-state index contributed by atoms with van der Waals surface area (Å²) in [5.41, 5.74) is 6.21. The van der Waals surface area contributed by atoms with Crippen molar-refractivity contribution >= 4 is 11.5 Å². The van der Waals surface area contributed by atoms with Crippen LogP contribution in [-0.2, 0) is 0 Å². The fourth-order valence-corrected chi connectivity index (χ4v) is 1.76. The Kier molecular flexibility index (Phi) is 5.46. The van der Waals surface area contributed by atoms with Gasteiger partial charge in [0.15, 0.2) is 0 Å². The number of nitrogens with zero attached hydrogens (tertiary/aromatic N) is 1. The van der Waals surface area contributed by atoms with Crippen LogP contribution < -0.4 is 10.6 Å². The summed E-state index contributed by atoms with van der Waals surface area (Å²) in [6.45, 7) is 3.77. The van der Waals surface area contributed by atoms with Gasteiger partial charge in [-0.1, -0.05) is 6.07 Å². The molecule has 0 heterocycles. The number of rotatable bonds is 7. The third-order valence-electron chi connectivity index (χ3n) is 2.68. The van der Waals surface area contributed by atoms with Crippen LogP contribution in [0.1, 0.15) is 26.2 Å². The van der Waals surface area contributed by atoms with Crippen LogP contribution in [0.25, 0.3) is 0 Å². The van der Waals surface area contributed by atoms with E-state index in [1.807, 2.05) is 6.07 Å². The zero-order valence-electron chi connectivity index (χ0n) is 10.2. The number of nitrogens with one attached hydrogen (secondary N) is 1. The van der Waals surface area contributed by atoms with Crippen molar-refractivity contribution in [1.29, 1.82) is 5.41 Å². The van der Waals surface area contributed by atoms with Crippen molar-refractivity contribution in [3.63, 3.8) is 0 Å². The molecule has 1 aromatic rings. The predicted octanol–water partition coefficient (Wildman–Crippen LogP) is 2.76. The molecule has 1 aromatic carbocycles. The second kappa shape index (κ2) is 6.89. The topological polar surface area (TPSA) is 53.1 Å². The minimum absolute atomic E-state index is 0.204. The highest BCUT2D eigenvalue weighted by Gasteiger charge is 2.04. The first-order valence-electron chi connectivity index (χ1n) is 5.97. The number of halogens is 1. The highest BCUT2D eigenvalue weighted by molar-refractivity contribution is 5.76. The van der Waals surface area contributed by atoms with Gasteiger partial charge in [0, 0.05) is 25.2 Å². The Hall–Kier alpha value is -1.58. The lowest BCUT2D eigenvalue weighted by Gasteiger charge is -2.23. The molecule has 0 fully saturated rings. The first-order chi connectivity index (χ1) is 8.13. The number of amidine groups is 1. The Morgan fingerprint density at radius 1 is 1.41 bits per heavy atom. The molecule has 0 saturated heterocycles. The maximum atomic E-state index is 13.1. The third kappa shape index (κ3) is 4.85. The molecule has 0 aliphatic heterocycles. The minimum Gasteiger partial charge on any atom is -0.388 e. The van der Waals surface area contributed by atoms with E-state index in [0.29, 0.717) is 6.42 Å². The summed E-state index contributed by atoms with van der Waals surface area (Å²) in [5.74, 6) is 0.0310. The highest BCUT2D eigenvalue weighted by atomic mass is 19.1. The first-order valence-corrected chi connectivity index (χ1v) is 5.97. The summed E-state index contributed by atoms with van der Waals surface area (Å²) in [6, 6.07) is 6.64. The number of hydrogen-bond acceptors (Lipinski definition) is 2. The van der Waals surface area contributed by atoms with Gasteiger partial charge in [0.1, 0.15) is 5.82 Å². The summed E-state index contributed by atoms with van der Waals surface area (Å²) < 4.78 is 13.1. The monoisotopic (exact) mass is 237 g/mol. The van der Waals surface area contributed by atoms with Crippen molar-refractivity contribution in [3.8, 4) is 0 Å². The third-order valence-corrected chi connectivity index (χ3v) is 2.68. The van der Waals surface area contributed by atoms with Gasteiger partial charge in [-0.2, -0.15) is 0 Å². The SMILES string of the molecule is CCN(CCCCC(=N)N)c1cccc(F)c1. The van der Waals surface area contributed by atoms with E-state index in [1.54, 1.807) is 12.1 Å². The van der Waals surface area contributed by atoms with E-state index in [-0.39, 0.29) is 11.7 Å². The number of hydrogen-bond donors (Lipinski definition) is 2. The van der Waals surface area contributed by atoms with Crippen LogP contribution in [0, 0.1) is 11.2 Å². The summed E-state index contributed by atoms with van der Waals surface area (Å²) in [4.78, 5) is 2.13. The zero-order valence-corrected chi connectivity index (χ0v) is 10.2. The van der Waals surface area contributed by atoms with Gasteiger partial charge in [0.25, 0.3) is 0 Å². The van der Waals surface area contributed by atoms with Crippen LogP contribution in [0.15, 0.2) is 24.3 Å². The van der Waals surface area contributed by atoms with E-state index in [9.17, 15) is 4.39 Å². The number of anilines is 1. The Bertz CT molecular complexity index is 365. The molecule has 1 rings (SSSR count). The average Bonchev–Trinajstić information content (AvgIpc) is 2.29. The van der Waals surface area contributed by atoms with Gasteiger partial charge < -0.3 is 10.6 Å². The fraction of sp³-hybridized carbons (Fsp3) is 0.462. The summed E-state index contributed by atoms with van der Waals surface area (Å²) in [7, 11) is 0. The summed E-state index contributed by atoms with van der Waals surface area (Å²) in [5, 5.41) is 7.13. The molecule has 0 aromatic heterocycles. The quantitative estimate of drug-likeness (QED) is 0.435. The van der Waals surface area contributed by atoms with Gasteiger partial charge in [-0.05, 0) is 38.0 Å². The molecular formula is C13H20FN3. The molecular weight excluding hydrogens is 217 g/mol. The molecule has 94 valence electrons. The van der Waals surface area contributed by atoms with E-state index < -0.39 is 0 Å². The van der Waals surface area contributed by atoms with E-state index in [1.165, 1.54) is 6.07 Å². The first kappa shape index (κ1) is 13.5. The van der Waals surface area contributed by atoms with E-state index >= 15 is 0 Å². The normalized spacial score (nSPS) is 10.2. The molecule has 17 heavy (non-hydrogen) atoms. The van der Waals surface area contributed by atoms with Crippen molar-refractivity contribution in [1.82, 2.24) is 0 Å². The molecule has 0 aliphatic carbocycles. The average molecular weight is 237 g/mol. The maximum absolute atomic E-state index is 13.1. The zero-order chi connectivity index (χ0) is 12.7. The predicted molar refractivity (Wildman–Crippen MR) is 70.1 cm³/mol. The molecule has 3 nitrogen and oxygen atoms in total. The van der Waals surface area contributed by atoms with Gasteiger partial charge in [-0.25, -0.2) is 4.39 Å². The van der Waals surface area contributed by atoms with Crippen LogP contribution in [0.3, 0.4) is 0 Å².